The molecule has 2 unspecified atom stereocenters. The molecule has 0 bridgehead atoms. The van der Waals surface area contributed by atoms with Crippen molar-refractivity contribution in [2.75, 3.05) is 0 Å². The van der Waals surface area contributed by atoms with Gasteiger partial charge < -0.3 is 0 Å². The lowest BCUT2D eigenvalue weighted by Gasteiger charge is -2.37. The topological polar surface area (TPSA) is 0 Å². The molecule has 1 aliphatic heterocycles. The Hall–Kier alpha value is 0.697. The van der Waals surface area contributed by atoms with Gasteiger partial charge in [0.25, 0.3) is 0 Å². The predicted octanol–water partition coefficient (Wildman–Crippen LogP) is 2.75. The Morgan fingerprint density at radius 2 is 2.14 bits per heavy atom. The first kappa shape index (κ1) is 5.83. The molecule has 1 fully saturated rings. The standard InChI is InChI=1S/C5H11BrSi/c1-5-3-4-7(5,2)6/h5H,3-4H2,1-2H3. The minimum atomic E-state index is -0.742. The van der Waals surface area contributed by atoms with Gasteiger partial charge in [0.1, 0.15) is 6.69 Å². The molecule has 0 aromatic heterocycles. The highest BCUT2D eigenvalue weighted by Gasteiger charge is 2.39. The number of hydrogen-bond acceptors (Lipinski definition) is 0. The molecule has 2 heteroatoms. The van der Waals surface area contributed by atoms with Gasteiger partial charge in [-0.1, -0.05) is 19.9 Å². The fraction of sp³-hybridized carbons (Fsp3) is 1.00. The van der Waals surface area contributed by atoms with Crippen LogP contribution in [-0.2, 0) is 0 Å². The van der Waals surface area contributed by atoms with Crippen LogP contribution in [0.1, 0.15) is 13.3 Å². The lowest BCUT2D eigenvalue weighted by Crippen LogP contribution is -2.36. The third-order valence-corrected chi connectivity index (χ3v) is 9.24. The van der Waals surface area contributed by atoms with E-state index in [1.165, 1.54) is 12.5 Å². The number of halogens is 1. The summed E-state index contributed by atoms with van der Waals surface area (Å²) in [5.41, 5.74) is 1.03. The van der Waals surface area contributed by atoms with Crippen molar-refractivity contribution in [2.45, 2.75) is 31.5 Å². The molecule has 42 valence electrons. The maximum Gasteiger partial charge on any atom is 0.130 e. The van der Waals surface area contributed by atoms with Gasteiger partial charge >= 0.3 is 0 Å². The van der Waals surface area contributed by atoms with Crippen molar-refractivity contribution in [1.82, 2.24) is 0 Å². The van der Waals surface area contributed by atoms with Crippen molar-refractivity contribution in [3.63, 3.8) is 0 Å². The van der Waals surface area contributed by atoms with Gasteiger partial charge in [0, 0.05) is 0 Å². The first-order valence-electron chi connectivity index (χ1n) is 2.82. The van der Waals surface area contributed by atoms with Crippen LogP contribution in [0, 0.1) is 0 Å². The van der Waals surface area contributed by atoms with Gasteiger partial charge in [0.15, 0.2) is 0 Å². The molecule has 1 rings (SSSR count). The van der Waals surface area contributed by atoms with E-state index in [-0.39, 0.29) is 0 Å². The van der Waals surface area contributed by atoms with Gasteiger partial charge in [0.2, 0.25) is 0 Å². The van der Waals surface area contributed by atoms with Crippen molar-refractivity contribution in [2.24, 2.45) is 0 Å². The lowest BCUT2D eigenvalue weighted by atomic mass is 10.3. The average Bonchev–Trinajstić information content (AvgIpc) is 1.63. The van der Waals surface area contributed by atoms with Crippen molar-refractivity contribution >= 4 is 22.0 Å². The van der Waals surface area contributed by atoms with Gasteiger partial charge in [-0.2, -0.15) is 0 Å². The highest BCUT2D eigenvalue weighted by atomic mass is 79.9. The molecule has 0 aliphatic carbocycles. The third-order valence-electron chi connectivity index (χ3n) is 2.09. The average molecular weight is 179 g/mol. The summed E-state index contributed by atoms with van der Waals surface area (Å²) in [6, 6.07) is 1.49. The minimum Gasteiger partial charge on any atom is -0.126 e. The lowest BCUT2D eigenvalue weighted by molar-refractivity contribution is 0.756. The normalized spacial score (nSPS) is 51.0. The molecular formula is C5H11BrSi. The Bertz CT molecular complexity index is 80.1. The van der Waals surface area contributed by atoms with Crippen LogP contribution < -0.4 is 0 Å². The minimum absolute atomic E-state index is 0.742. The Balaban J connectivity index is 2.43. The van der Waals surface area contributed by atoms with Gasteiger partial charge in [-0.05, 0) is 11.6 Å². The van der Waals surface area contributed by atoms with E-state index in [9.17, 15) is 0 Å². The Morgan fingerprint density at radius 3 is 2.14 bits per heavy atom. The van der Waals surface area contributed by atoms with Crippen LogP contribution in [0.2, 0.25) is 18.1 Å². The van der Waals surface area contributed by atoms with E-state index in [0.717, 1.165) is 5.54 Å². The molecular weight excluding hydrogens is 168 g/mol. The summed E-state index contributed by atoms with van der Waals surface area (Å²) in [4.78, 5) is 0. The summed E-state index contributed by atoms with van der Waals surface area (Å²) < 4.78 is 0. The summed E-state index contributed by atoms with van der Waals surface area (Å²) in [5.74, 6) is 0. The molecule has 0 N–H and O–H groups in total. The quantitative estimate of drug-likeness (QED) is 0.396. The van der Waals surface area contributed by atoms with E-state index in [1.807, 2.05) is 0 Å². The van der Waals surface area contributed by atoms with Gasteiger partial charge in [-0.15, -0.1) is 15.3 Å². The van der Waals surface area contributed by atoms with Gasteiger partial charge in [-0.3, -0.25) is 0 Å². The maximum atomic E-state index is 3.77. The largest absolute Gasteiger partial charge is 0.130 e. The first-order chi connectivity index (χ1) is 3.13. The van der Waals surface area contributed by atoms with Crippen LogP contribution in [0.4, 0.5) is 0 Å². The Kier molecular flexibility index (Phi) is 1.32. The molecule has 0 saturated carbocycles. The van der Waals surface area contributed by atoms with Crippen molar-refractivity contribution in [3.05, 3.63) is 0 Å². The third kappa shape index (κ3) is 0.916. The molecule has 1 saturated heterocycles. The summed E-state index contributed by atoms with van der Waals surface area (Å²) >= 11 is 3.77. The van der Waals surface area contributed by atoms with Crippen molar-refractivity contribution in [1.29, 1.82) is 0 Å². The summed E-state index contributed by atoms with van der Waals surface area (Å²) in [6.07, 6.45) is 1.47. The van der Waals surface area contributed by atoms with Crippen LogP contribution in [0.3, 0.4) is 0 Å². The molecule has 7 heavy (non-hydrogen) atoms. The molecule has 0 aromatic carbocycles. The highest BCUT2D eigenvalue weighted by molar-refractivity contribution is 9.26. The van der Waals surface area contributed by atoms with Crippen LogP contribution in [0.25, 0.3) is 0 Å². The van der Waals surface area contributed by atoms with E-state index in [4.69, 9.17) is 0 Å². The highest BCUT2D eigenvalue weighted by Crippen LogP contribution is 2.46. The van der Waals surface area contributed by atoms with Crippen molar-refractivity contribution < 1.29 is 0 Å². The molecule has 0 spiro atoms. The molecule has 0 nitrogen and oxygen atoms in total. The second-order valence-electron chi connectivity index (χ2n) is 2.72. The molecule has 1 aliphatic rings. The zero-order valence-corrected chi connectivity index (χ0v) is 7.46. The zero-order valence-electron chi connectivity index (χ0n) is 4.87. The van der Waals surface area contributed by atoms with Gasteiger partial charge in [-0.25, -0.2) is 0 Å². The molecule has 0 amide bonds. The summed E-state index contributed by atoms with van der Waals surface area (Å²) in [7, 11) is 0. The van der Waals surface area contributed by atoms with E-state index in [0.29, 0.717) is 0 Å². The second-order valence-corrected chi connectivity index (χ2v) is 12.2. The van der Waals surface area contributed by atoms with Crippen LogP contribution >= 0.6 is 15.3 Å². The van der Waals surface area contributed by atoms with E-state index < -0.39 is 6.69 Å². The van der Waals surface area contributed by atoms with E-state index in [1.54, 1.807) is 0 Å². The smallest absolute Gasteiger partial charge is 0.126 e. The summed E-state index contributed by atoms with van der Waals surface area (Å²) in [6.45, 7) is 4.01. The zero-order chi connectivity index (χ0) is 5.49. The number of rotatable bonds is 0. The summed E-state index contributed by atoms with van der Waals surface area (Å²) in [5, 5.41) is 0. The molecule has 2 atom stereocenters. The van der Waals surface area contributed by atoms with Gasteiger partial charge in [0.05, 0.1) is 0 Å². The monoisotopic (exact) mass is 178 g/mol. The SMILES string of the molecule is CC1CC[Si]1(C)Br. The Morgan fingerprint density at radius 1 is 1.71 bits per heavy atom. The van der Waals surface area contributed by atoms with Crippen LogP contribution in [0.5, 0.6) is 0 Å². The first-order valence-corrected chi connectivity index (χ1v) is 7.86. The molecule has 0 aromatic rings. The second kappa shape index (κ2) is 1.59. The fourth-order valence-corrected chi connectivity index (χ4v) is 3.87. The molecule has 1 heterocycles. The predicted molar refractivity (Wildman–Crippen MR) is 39.4 cm³/mol. The van der Waals surface area contributed by atoms with E-state index >= 15 is 0 Å². The van der Waals surface area contributed by atoms with Crippen LogP contribution in [0.15, 0.2) is 0 Å². The van der Waals surface area contributed by atoms with Crippen molar-refractivity contribution in [3.8, 4) is 0 Å². The maximum absolute atomic E-state index is 3.77. The number of hydrogen-bond donors (Lipinski definition) is 0. The van der Waals surface area contributed by atoms with E-state index in [2.05, 4.69) is 28.8 Å². The Labute approximate surface area is 53.9 Å². The molecule has 0 radical (unpaired) electrons. The fourth-order valence-electron chi connectivity index (χ4n) is 0.831. The van der Waals surface area contributed by atoms with Crippen LogP contribution in [-0.4, -0.2) is 6.69 Å².